The summed E-state index contributed by atoms with van der Waals surface area (Å²) in [6, 6.07) is 4.14. The van der Waals surface area contributed by atoms with Gasteiger partial charge >= 0.3 is 5.97 Å². The van der Waals surface area contributed by atoms with Gasteiger partial charge in [-0.15, -0.1) is 0 Å². The Hall–Kier alpha value is -2.14. The van der Waals surface area contributed by atoms with Gasteiger partial charge in [-0.3, -0.25) is 0 Å². The van der Waals surface area contributed by atoms with E-state index in [1.807, 2.05) is 22.9 Å². The maximum atomic E-state index is 11.8. The van der Waals surface area contributed by atoms with Crippen molar-refractivity contribution in [1.82, 2.24) is 9.38 Å². The highest BCUT2D eigenvalue weighted by atomic mass is 32.1. The van der Waals surface area contributed by atoms with Crippen molar-refractivity contribution in [3.8, 4) is 11.1 Å². The standard InChI is InChI=1S/C15H14N2O2S/c1-3-19-15(18)13-8-17-7-10(2)6-12(14(17)16-13)11-4-5-20-9-11/h4-9H,3H2,1-2H3. The van der Waals surface area contributed by atoms with Crippen LogP contribution >= 0.6 is 11.3 Å². The van der Waals surface area contributed by atoms with Gasteiger partial charge < -0.3 is 9.14 Å². The molecule has 0 spiro atoms. The molecular weight excluding hydrogens is 272 g/mol. The number of fused-ring (bicyclic) bond motifs is 1. The molecule has 0 saturated carbocycles. The van der Waals surface area contributed by atoms with Crippen LogP contribution in [0.1, 0.15) is 23.0 Å². The second kappa shape index (κ2) is 5.09. The number of carbonyl (C=O) groups excluding carboxylic acids is 1. The molecule has 0 radical (unpaired) electrons. The minimum atomic E-state index is -0.384. The topological polar surface area (TPSA) is 43.6 Å². The van der Waals surface area contributed by atoms with Gasteiger partial charge in [-0.2, -0.15) is 11.3 Å². The third kappa shape index (κ3) is 2.20. The Morgan fingerprint density at radius 3 is 3.00 bits per heavy atom. The van der Waals surface area contributed by atoms with Crippen LogP contribution in [0.4, 0.5) is 0 Å². The molecule has 3 aromatic rings. The number of imidazole rings is 1. The number of aromatic nitrogens is 2. The van der Waals surface area contributed by atoms with Crippen molar-refractivity contribution >= 4 is 23.0 Å². The van der Waals surface area contributed by atoms with Crippen LogP contribution in [-0.4, -0.2) is 22.0 Å². The van der Waals surface area contributed by atoms with Crippen molar-refractivity contribution < 1.29 is 9.53 Å². The molecule has 0 aliphatic rings. The van der Waals surface area contributed by atoms with Crippen LogP contribution in [0, 0.1) is 6.92 Å². The summed E-state index contributed by atoms with van der Waals surface area (Å²) in [6.07, 6.45) is 3.68. The van der Waals surface area contributed by atoms with Crippen molar-refractivity contribution in [3.05, 3.63) is 46.5 Å². The second-order valence-corrected chi connectivity index (χ2v) is 5.30. The van der Waals surface area contributed by atoms with Gasteiger partial charge in [-0.05, 0) is 47.9 Å². The van der Waals surface area contributed by atoms with Gasteiger partial charge in [0.05, 0.1) is 6.61 Å². The second-order valence-electron chi connectivity index (χ2n) is 4.52. The van der Waals surface area contributed by atoms with Gasteiger partial charge in [-0.1, -0.05) is 0 Å². The van der Waals surface area contributed by atoms with Crippen LogP contribution in [0.3, 0.4) is 0 Å². The number of esters is 1. The van der Waals surface area contributed by atoms with E-state index in [1.165, 1.54) is 0 Å². The van der Waals surface area contributed by atoms with Crippen LogP contribution in [-0.2, 0) is 4.74 Å². The molecule has 0 atom stereocenters. The molecule has 5 heteroatoms. The lowest BCUT2D eigenvalue weighted by Crippen LogP contribution is -2.04. The molecule has 0 amide bonds. The Bertz CT molecular complexity index is 760. The molecule has 3 rings (SSSR count). The molecule has 0 aromatic carbocycles. The number of hydrogen-bond donors (Lipinski definition) is 0. The number of pyridine rings is 1. The molecule has 3 aromatic heterocycles. The number of rotatable bonds is 3. The Morgan fingerprint density at radius 2 is 2.30 bits per heavy atom. The fourth-order valence-corrected chi connectivity index (χ4v) is 2.83. The molecule has 3 heterocycles. The van der Waals surface area contributed by atoms with Crippen molar-refractivity contribution in [2.24, 2.45) is 0 Å². The summed E-state index contributed by atoms with van der Waals surface area (Å²) in [7, 11) is 0. The quantitative estimate of drug-likeness (QED) is 0.692. The van der Waals surface area contributed by atoms with Gasteiger partial charge in [-0.25, -0.2) is 9.78 Å². The van der Waals surface area contributed by atoms with E-state index < -0.39 is 0 Å². The number of aryl methyl sites for hydroxylation is 1. The summed E-state index contributed by atoms with van der Waals surface area (Å²) in [6.45, 7) is 4.16. The van der Waals surface area contributed by atoms with Gasteiger partial charge in [0.1, 0.15) is 5.65 Å². The predicted octanol–water partition coefficient (Wildman–Crippen LogP) is 3.55. The minimum absolute atomic E-state index is 0.342. The van der Waals surface area contributed by atoms with Crippen LogP contribution in [0.15, 0.2) is 35.3 Å². The summed E-state index contributed by atoms with van der Waals surface area (Å²) < 4.78 is 6.89. The Morgan fingerprint density at radius 1 is 1.45 bits per heavy atom. The monoisotopic (exact) mass is 286 g/mol. The Labute approximate surface area is 120 Å². The smallest absolute Gasteiger partial charge is 0.358 e. The van der Waals surface area contributed by atoms with E-state index >= 15 is 0 Å². The number of hydrogen-bond acceptors (Lipinski definition) is 4. The van der Waals surface area contributed by atoms with Crippen LogP contribution in [0.25, 0.3) is 16.8 Å². The zero-order valence-corrected chi connectivity index (χ0v) is 12.1. The fraction of sp³-hybridized carbons (Fsp3) is 0.200. The molecule has 0 aliphatic heterocycles. The van der Waals surface area contributed by atoms with E-state index in [2.05, 4.69) is 22.5 Å². The highest BCUT2D eigenvalue weighted by molar-refractivity contribution is 7.08. The van der Waals surface area contributed by atoms with E-state index in [-0.39, 0.29) is 5.97 Å². The van der Waals surface area contributed by atoms with Gasteiger partial charge in [0.25, 0.3) is 0 Å². The lowest BCUT2D eigenvalue weighted by molar-refractivity contribution is 0.0520. The number of carbonyl (C=O) groups is 1. The summed E-state index contributed by atoms with van der Waals surface area (Å²) in [5.41, 5.74) is 4.38. The first-order chi connectivity index (χ1) is 9.69. The highest BCUT2D eigenvalue weighted by Gasteiger charge is 2.15. The molecular formula is C15H14N2O2S. The van der Waals surface area contributed by atoms with Crippen LogP contribution in [0.5, 0.6) is 0 Å². The lowest BCUT2D eigenvalue weighted by atomic mass is 10.1. The van der Waals surface area contributed by atoms with Crippen molar-refractivity contribution in [2.45, 2.75) is 13.8 Å². The zero-order chi connectivity index (χ0) is 14.1. The highest BCUT2D eigenvalue weighted by Crippen LogP contribution is 2.27. The molecule has 0 bridgehead atoms. The normalized spacial score (nSPS) is 10.9. The summed E-state index contributed by atoms with van der Waals surface area (Å²) in [5.74, 6) is -0.384. The average Bonchev–Trinajstić information content (AvgIpc) is 3.06. The van der Waals surface area contributed by atoms with E-state index in [9.17, 15) is 4.79 Å². The van der Waals surface area contributed by atoms with E-state index in [1.54, 1.807) is 24.5 Å². The van der Waals surface area contributed by atoms with Crippen molar-refractivity contribution in [2.75, 3.05) is 6.61 Å². The maximum absolute atomic E-state index is 11.8. The Balaban J connectivity index is 2.18. The summed E-state index contributed by atoms with van der Waals surface area (Å²) in [5, 5.41) is 4.11. The van der Waals surface area contributed by atoms with Crippen LogP contribution < -0.4 is 0 Å². The van der Waals surface area contributed by atoms with E-state index in [0.717, 1.165) is 22.3 Å². The fourth-order valence-electron chi connectivity index (χ4n) is 2.17. The summed E-state index contributed by atoms with van der Waals surface area (Å²) >= 11 is 1.64. The molecule has 0 N–H and O–H groups in total. The van der Waals surface area contributed by atoms with Crippen LogP contribution in [0.2, 0.25) is 0 Å². The third-order valence-electron chi connectivity index (χ3n) is 3.00. The third-order valence-corrected chi connectivity index (χ3v) is 3.69. The summed E-state index contributed by atoms with van der Waals surface area (Å²) in [4.78, 5) is 16.2. The first-order valence-corrected chi connectivity index (χ1v) is 7.32. The molecule has 0 unspecified atom stereocenters. The molecule has 20 heavy (non-hydrogen) atoms. The first kappa shape index (κ1) is 12.9. The number of nitrogens with zero attached hydrogens (tertiary/aromatic N) is 2. The molecule has 0 fully saturated rings. The Kier molecular flexibility index (Phi) is 3.28. The van der Waals surface area contributed by atoms with Crippen molar-refractivity contribution in [3.63, 3.8) is 0 Å². The lowest BCUT2D eigenvalue weighted by Gasteiger charge is -2.03. The molecule has 0 aliphatic carbocycles. The van der Waals surface area contributed by atoms with Gasteiger partial charge in [0, 0.05) is 18.0 Å². The van der Waals surface area contributed by atoms with E-state index in [0.29, 0.717) is 12.3 Å². The predicted molar refractivity (Wildman–Crippen MR) is 79.2 cm³/mol. The molecule has 4 nitrogen and oxygen atoms in total. The SMILES string of the molecule is CCOC(=O)c1cn2cc(C)cc(-c3ccsc3)c2n1. The maximum Gasteiger partial charge on any atom is 0.358 e. The number of thiophene rings is 1. The van der Waals surface area contributed by atoms with Gasteiger partial charge in [0.15, 0.2) is 5.69 Å². The largest absolute Gasteiger partial charge is 0.461 e. The van der Waals surface area contributed by atoms with Gasteiger partial charge in [0.2, 0.25) is 0 Å². The number of ether oxygens (including phenoxy) is 1. The average molecular weight is 286 g/mol. The first-order valence-electron chi connectivity index (χ1n) is 6.38. The molecule has 102 valence electrons. The van der Waals surface area contributed by atoms with Crippen molar-refractivity contribution in [1.29, 1.82) is 0 Å². The molecule has 0 saturated heterocycles. The zero-order valence-electron chi connectivity index (χ0n) is 11.3. The van der Waals surface area contributed by atoms with E-state index in [4.69, 9.17) is 4.74 Å². The minimum Gasteiger partial charge on any atom is -0.461 e.